The number of ether oxygens (including phenoxy) is 1. The van der Waals surface area contributed by atoms with Crippen molar-refractivity contribution in [2.24, 2.45) is 20.5 Å². The van der Waals surface area contributed by atoms with Crippen LogP contribution in [0.4, 0.5) is 34.1 Å². The zero-order valence-electron chi connectivity index (χ0n) is 27.8. The highest BCUT2D eigenvalue weighted by molar-refractivity contribution is 5.97. The van der Waals surface area contributed by atoms with E-state index < -0.39 is 17.9 Å². The minimum absolute atomic E-state index is 0.265. The molecule has 1 atom stereocenters. The summed E-state index contributed by atoms with van der Waals surface area (Å²) < 4.78 is 4.89. The maximum Gasteiger partial charge on any atom is 0.328 e. The third-order valence-electron chi connectivity index (χ3n) is 7.30. The van der Waals surface area contributed by atoms with E-state index >= 15 is 0 Å². The number of azo groups is 2. The molecule has 4 rings (SSSR count). The molecule has 0 aliphatic rings. The fourth-order valence-electron chi connectivity index (χ4n) is 4.47. The summed E-state index contributed by atoms with van der Waals surface area (Å²) in [6, 6.07) is 27.8. The molecule has 0 bridgehead atoms. The molecule has 48 heavy (non-hydrogen) atoms. The lowest BCUT2D eigenvalue weighted by atomic mass is 10.1. The maximum atomic E-state index is 12.9. The van der Waals surface area contributed by atoms with Crippen LogP contribution in [0.5, 0.6) is 0 Å². The van der Waals surface area contributed by atoms with Crippen molar-refractivity contribution in [3.8, 4) is 0 Å². The van der Waals surface area contributed by atoms with E-state index in [0.717, 1.165) is 17.1 Å². The number of amides is 2. The van der Waals surface area contributed by atoms with Gasteiger partial charge in [0.05, 0.1) is 29.9 Å². The highest BCUT2D eigenvalue weighted by Crippen LogP contribution is 2.23. The van der Waals surface area contributed by atoms with Crippen molar-refractivity contribution in [1.82, 2.24) is 10.6 Å². The van der Waals surface area contributed by atoms with Gasteiger partial charge >= 0.3 is 5.97 Å². The first-order valence-electron chi connectivity index (χ1n) is 15.4. The Morgan fingerprint density at radius 1 is 0.604 bits per heavy atom. The van der Waals surface area contributed by atoms with E-state index in [-0.39, 0.29) is 12.3 Å². The van der Waals surface area contributed by atoms with Gasteiger partial charge in [0.2, 0.25) is 0 Å². The smallest absolute Gasteiger partial charge is 0.328 e. The Hall–Kier alpha value is -5.91. The molecule has 0 saturated heterocycles. The second-order valence-electron chi connectivity index (χ2n) is 11.3. The summed E-state index contributed by atoms with van der Waals surface area (Å²) in [5.74, 6) is -1.27. The molecule has 1 unspecified atom stereocenters. The molecule has 0 aliphatic heterocycles. The number of rotatable bonds is 14. The van der Waals surface area contributed by atoms with Gasteiger partial charge in [-0.3, -0.25) is 9.59 Å². The lowest BCUT2D eigenvalue weighted by Crippen LogP contribution is -2.42. The predicted octanol–water partition coefficient (Wildman–Crippen LogP) is 7.13. The SMILES string of the molecule is COC(=O)C(CCCNC(=O)c1ccc(N=Nc2ccc(N(C)C)cc2)cc1)NC(=O)c1ccc(N=Nc2ccc(N(C)C)cc2)cc1. The lowest BCUT2D eigenvalue weighted by Gasteiger charge is -2.17. The van der Waals surface area contributed by atoms with E-state index in [2.05, 4.69) is 31.1 Å². The van der Waals surface area contributed by atoms with E-state index in [4.69, 9.17) is 4.74 Å². The number of methoxy groups -OCH3 is 1. The number of anilines is 2. The van der Waals surface area contributed by atoms with Crippen molar-refractivity contribution in [1.29, 1.82) is 0 Å². The molecule has 4 aromatic rings. The van der Waals surface area contributed by atoms with Gasteiger partial charge < -0.3 is 25.2 Å². The molecule has 0 aliphatic carbocycles. The maximum absolute atomic E-state index is 12.9. The van der Waals surface area contributed by atoms with Gasteiger partial charge in [-0.25, -0.2) is 4.79 Å². The van der Waals surface area contributed by atoms with Crippen LogP contribution in [0, 0.1) is 0 Å². The van der Waals surface area contributed by atoms with Gasteiger partial charge in [-0.15, -0.1) is 0 Å². The summed E-state index contributed by atoms with van der Waals surface area (Å²) in [5.41, 5.74) is 5.58. The Balaban J connectivity index is 1.23. The number of hydrogen-bond donors (Lipinski definition) is 2. The van der Waals surface area contributed by atoms with E-state index in [1.54, 1.807) is 48.5 Å². The highest BCUT2D eigenvalue weighted by atomic mass is 16.5. The quantitative estimate of drug-likeness (QED) is 0.0847. The number of nitrogens with zero attached hydrogens (tertiary/aromatic N) is 6. The summed E-state index contributed by atoms with van der Waals surface area (Å²) in [6.07, 6.45) is 0.700. The molecule has 0 spiro atoms. The zero-order valence-corrected chi connectivity index (χ0v) is 27.8. The fourth-order valence-corrected chi connectivity index (χ4v) is 4.47. The minimum atomic E-state index is -0.882. The Bertz CT molecular complexity index is 1720. The van der Waals surface area contributed by atoms with Gasteiger partial charge in [0.15, 0.2) is 0 Å². The van der Waals surface area contributed by atoms with Crippen LogP contribution in [-0.2, 0) is 9.53 Å². The van der Waals surface area contributed by atoms with Crippen LogP contribution < -0.4 is 20.4 Å². The molecule has 0 aromatic heterocycles. The van der Waals surface area contributed by atoms with E-state index in [9.17, 15) is 14.4 Å². The van der Waals surface area contributed by atoms with Crippen LogP contribution in [0.15, 0.2) is 118 Å². The highest BCUT2D eigenvalue weighted by Gasteiger charge is 2.22. The van der Waals surface area contributed by atoms with Crippen molar-refractivity contribution >= 4 is 51.9 Å². The number of esters is 1. The Morgan fingerprint density at radius 3 is 1.35 bits per heavy atom. The summed E-state index contributed by atoms with van der Waals surface area (Å²) >= 11 is 0. The third-order valence-corrected chi connectivity index (χ3v) is 7.30. The Morgan fingerprint density at radius 2 is 0.979 bits per heavy atom. The summed E-state index contributed by atoms with van der Waals surface area (Å²) in [5, 5.41) is 22.5. The van der Waals surface area contributed by atoms with Crippen LogP contribution >= 0.6 is 0 Å². The van der Waals surface area contributed by atoms with Crippen LogP contribution in [0.2, 0.25) is 0 Å². The van der Waals surface area contributed by atoms with Crippen molar-refractivity contribution < 1.29 is 19.1 Å². The van der Waals surface area contributed by atoms with Crippen molar-refractivity contribution in [2.75, 3.05) is 51.6 Å². The average Bonchev–Trinajstić information content (AvgIpc) is 3.11. The molecule has 2 N–H and O–H groups in total. The van der Waals surface area contributed by atoms with Crippen LogP contribution in [0.1, 0.15) is 33.6 Å². The lowest BCUT2D eigenvalue weighted by molar-refractivity contribution is -0.143. The van der Waals surface area contributed by atoms with Gasteiger partial charge in [0.25, 0.3) is 11.8 Å². The molecular weight excluding hydrogens is 608 g/mol. The first-order valence-corrected chi connectivity index (χ1v) is 15.4. The molecule has 12 heteroatoms. The van der Waals surface area contributed by atoms with E-state index in [1.165, 1.54) is 7.11 Å². The number of hydrogen-bond acceptors (Lipinski definition) is 10. The van der Waals surface area contributed by atoms with Crippen LogP contribution in [-0.4, -0.2) is 65.7 Å². The molecule has 0 fully saturated rings. The van der Waals surface area contributed by atoms with Gasteiger partial charge in [0.1, 0.15) is 6.04 Å². The normalized spacial score (nSPS) is 11.7. The van der Waals surface area contributed by atoms with Gasteiger partial charge in [-0.1, -0.05) is 0 Å². The molecule has 2 amide bonds. The standard InChI is InChI=1S/C36H40N8O4/c1-43(2)31-20-16-29(17-21-31)41-39-27-12-8-25(9-13-27)34(45)37-24-6-7-33(36(47)48-5)38-35(46)26-10-14-28(15-11-26)40-42-30-18-22-32(23-19-30)44(3)4/h8-23,33H,6-7,24H2,1-5H3,(H,37,45)(H,38,46). The average molecular weight is 649 g/mol. The molecule has 0 saturated carbocycles. The Labute approximate surface area is 280 Å². The monoisotopic (exact) mass is 648 g/mol. The largest absolute Gasteiger partial charge is 0.467 e. The van der Waals surface area contributed by atoms with Gasteiger partial charge in [0, 0.05) is 57.2 Å². The van der Waals surface area contributed by atoms with Crippen LogP contribution in [0.25, 0.3) is 0 Å². The number of carbonyl (C=O) groups is 3. The van der Waals surface area contributed by atoms with Crippen LogP contribution in [0.3, 0.4) is 0 Å². The fraction of sp³-hybridized carbons (Fsp3) is 0.250. The molecule has 0 radical (unpaired) electrons. The molecule has 248 valence electrons. The van der Waals surface area contributed by atoms with E-state index in [0.29, 0.717) is 41.2 Å². The summed E-state index contributed by atoms with van der Waals surface area (Å²) in [4.78, 5) is 42.0. The molecule has 12 nitrogen and oxygen atoms in total. The minimum Gasteiger partial charge on any atom is -0.467 e. The zero-order chi connectivity index (χ0) is 34.5. The van der Waals surface area contributed by atoms with Crippen molar-refractivity contribution in [3.63, 3.8) is 0 Å². The number of benzene rings is 4. The predicted molar refractivity (Wildman–Crippen MR) is 188 cm³/mol. The first kappa shape index (κ1) is 35.0. The molecule has 4 aromatic carbocycles. The number of nitrogens with one attached hydrogen (secondary N) is 2. The van der Waals surface area contributed by atoms with Crippen molar-refractivity contribution in [2.45, 2.75) is 18.9 Å². The van der Waals surface area contributed by atoms with Crippen molar-refractivity contribution in [3.05, 3.63) is 108 Å². The van der Waals surface area contributed by atoms with E-state index in [1.807, 2.05) is 86.5 Å². The first-order chi connectivity index (χ1) is 23.1. The van der Waals surface area contributed by atoms with Gasteiger partial charge in [-0.05, 0) is 110 Å². The third kappa shape index (κ3) is 10.3. The second-order valence-corrected chi connectivity index (χ2v) is 11.3. The topological polar surface area (TPSA) is 140 Å². The summed E-state index contributed by atoms with van der Waals surface area (Å²) in [6.45, 7) is 0.296. The number of carbonyl (C=O) groups excluding carboxylic acids is 3. The van der Waals surface area contributed by atoms with Gasteiger partial charge in [-0.2, -0.15) is 20.5 Å². The second kappa shape index (κ2) is 17.1. The Kier molecular flexibility index (Phi) is 12.5. The molecule has 0 heterocycles. The molecular formula is C36H40N8O4. The summed E-state index contributed by atoms with van der Waals surface area (Å²) in [7, 11) is 9.14.